The van der Waals surface area contributed by atoms with Crippen LogP contribution in [0.4, 0.5) is 4.39 Å². The lowest BCUT2D eigenvalue weighted by atomic mass is 9.79. The summed E-state index contributed by atoms with van der Waals surface area (Å²) in [5.74, 6) is 0.216. The zero-order valence-corrected chi connectivity index (χ0v) is 13.8. The summed E-state index contributed by atoms with van der Waals surface area (Å²) >= 11 is 0. The maximum Gasteiger partial charge on any atom is 0.226 e. The minimum atomic E-state index is -0.249. The van der Waals surface area contributed by atoms with E-state index in [1.165, 1.54) is 31.4 Å². The van der Waals surface area contributed by atoms with E-state index in [-0.39, 0.29) is 29.5 Å². The van der Waals surface area contributed by atoms with E-state index in [1.54, 1.807) is 12.1 Å². The molecule has 3 fully saturated rings. The van der Waals surface area contributed by atoms with E-state index in [0.717, 1.165) is 12.0 Å². The predicted octanol–water partition coefficient (Wildman–Crippen LogP) is 2.13. The molecule has 2 saturated carbocycles. The second-order valence-corrected chi connectivity index (χ2v) is 7.58. The first-order valence-corrected chi connectivity index (χ1v) is 8.88. The highest BCUT2D eigenvalue weighted by atomic mass is 19.1. The molecule has 5 heteroatoms. The summed E-state index contributed by atoms with van der Waals surface area (Å²) in [5.41, 5.74) is 1.36. The van der Waals surface area contributed by atoms with E-state index in [2.05, 4.69) is 5.32 Å². The molecule has 1 saturated heterocycles. The van der Waals surface area contributed by atoms with Crippen molar-refractivity contribution in [2.24, 2.45) is 17.3 Å². The third-order valence-electron chi connectivity index (χ3n) is 6.03. The molecular weight excluding hydrogens is 307 g/mol. The first kappa shape index (κ1) is 15.6. The van der Waals surface area contributed by atoms with Gasteiger partial charge in [-0.15, -0.1) is 0 Å². The van der Waals surface area contributed by atoms with Gasteiger partial charge in [0, 0.05) is 25.6 Å². The third-order valence-corrected chi connectivity index (χ3v) is 6.03. The molecule has 0 radical (unpaired) electrons. The van der Waals surface area contributed by atoms with Crippen molar-refractivity contribution in [3.63, 3.8) is 0 Å². The van der Waals surface area contributed by atoms with E-state index >= 15 is 0 Å². The Balaban J connectivity index is 1.16. The van der Waals surface area contributed by atoms with E-state index in [1.807, 2.05) is 4.90 Å². The molecule has 4 rings (SSSR count). The Morgan fingerprint density at radius 2 is 1.92 bits per heavy atom. The van der Waals surface area contributed by atoms with Crippen LogP contribution in [0.5, 0.6) is 0 Å². The van der Waals surface area contributed by atoms with Crippen LogP contribution in [0.25, 0.3) is 0 Å². The molecule has 1 aromatic rings. The van der Waals surface area contributed by atoms with Gasteiger partial charge in [0.1, 0.15) is 5.82 Å². The van der Waals surface area contributed by atoms with Crippen molar-refractivity contribution in [1.29, 1.82) is 0 Å². The van der Waals surface area contributed by atoms with Crippen LogP contribution in [0.2, 0.25) is 0 Å². The molecule has 24 heavy (non-hydrogen) atoms. The van der Waals surface area contributed by atoms with E-state index < -0.39 is 0 Å². The minimum Gasteiger partial charge on any atom is -0.355 e. The molecule has 1 heterocycles. The number of benzene rings is 1. The summed E-state index contributed by atoms with van der Waals surface area (Å²) in [6.07, 6.45) is 5.45. The molecule has 1 unspecified atom stereocenters. The minimum absolute atomic E-state index is 0.0234. The summed E-state index contributed by atoms with van der Waals surface area (Å²) in [6.45, 7) is 1.67. The van der Waals surface area contributed by atoms with Crippen LogP contribution < -0.4 is 5.32 Å². The van der Waals surface area contributed by atoms with Gasteiger partial charge in [-0.2, -0.15) is 0 Å². The van der Waals surface area contributed by atoms with Gasteiger partial charge in [-0.05, 0) is 48.8 Å². The SMILES string of the molecule is O=C(NCCc1ccc(F)cc1)C1CN(C(=O)C2CC23CCC3)C1. The van der Waals surface area contributed by atoms with Crippen molar-refractivity contribution in [1.82, 2.24) is 10.2 Å². The zero-order valence-electron chi connectivity index (χ0n) is 13.8. The quantitative estimate of drug-likeness (QED) is 0.899. The maximum atomic E-state index is 12.8. The normalized spacial score (nSPS) is 24.2. The molecule has 1 aromatic carbocycles. The molecular formula is C19H23FN2O2. The first-order chi connectivity index (χ1) is 11.6. The molecule has 0 aromatic heterocycles. The van der Waals surface area contributed by atoms with E-state index in [0.29, 0.717) is 31.5 Å². The number of likely N-dealkylation sites (tertiary alicyclic amines) is 1. The fourth-order valence-corrected chi connectivity index (χ4v) is 4.05. The molecule has 0 bridgehead atoms. The number of hydrogen-bond acceptors (Lipinski definition) is 2. The summed E-state index contributed by atoms with van der Waals surface area (Å²) in [6, 6.07) is 6.33. The number of nitrogens with one attached hydrogen (secondary N) is 1. The standard InChI is InChI=1S/C19H23FN2O2/c20-15-4-2-13(3-5-15)6-9-21-17(23)14-11-22(12-14)18(24)16-10-19(16)7-1-8-19/h2-5,14,16H,1,6-12H2,(H,21,23). The summed E-state index contributed by atoms with van der Waals surface area (Å²) in [5, 5.41) is 2.92. The molecule has 1 N–H and O–H groups in total. The van der Waals surface area contributed by atoms with Crippen LogP contribution in [-0.4, -0.2) is 36.3 Å². The Morgan fingerprint density at radius 1 is 1.21 bits per heavy atom. The van der Waals surface area contributed by atoms with Gasteiger partial charge in [0.05, 0.1) is 5.92 Å². The van der Waals surface area contributed by atoms with Gasteiger partial charge < -0.3 is 10.2 Å². The van der Waals surface area contributed by atoms with Crippen LogP contribution in [-0.2, 0) is 16.0 Å². The topological polar surface area (TPSA) is 49.4 Å². The van der Waals surface area contributed by atoms with Crippen molar-refractivity contribution >= 4 is 11.8 Å². The number of carbonyl (C=O) groups excluding carboxylic acids is 2. The fraction of sp³-hybridized carbons (Fsp3) is 0.579. The zero-order chi connectivity index (χ0) is 16.7. The first-order valence-electron chi connectivity index (χ1n) is 8.88. The molecule has 2 aliphatic carbocycles. The summed E-state index contributed by atoms with van der Waals surface area (Å²) < 4.78 is 12.8. The Bertz CT molecular complexity index is 648. The number of amides is 2. The van der Waals surface area contributed by atoms with Gasteiger partial charge in [0.15, 0.2) is 0 Å². The van der Waals surface area contributed by atoms with Crippen LogP contribution in [0.1, 0.15) is 31.2 Å². The van der Waals surface area contributed by atoms with Crippen LogP contribution >= 0.6 is 0 Å². The fourth-order valence-electron chi connectivity index (χ4n) is 4.05. The van der Waals surface area contributed by atoms with Gasteiger partial charge in [0.25, 0.3) is 0 Å². The van der Waals surface area contributed by atoms with Crippen molar-refractivity contribution in [3.8, 4) is 0 Å². The number of hydrogen-bond donors (Lipinski definition) is 1. The van der Waals surface area contributed by atoms with E-state index in [9.17, 15) is 14.0 Å². The van der Waals surface area contributed by atoms with Crippen molar-refractivity contribution in [2.75, 3.05) is 19.6 Å². The number of nitrogens with zero attached hydrogens (tertiary/aromatic N) is 1. The maximum absolute atomic E-state index is 12.8. The van der Waals surface area contributed by atoms with Gasteiger partial charge in [-0.3, -0.25) is 9.59 Å². The molecule has 2 amide bonds. The Morgan fingerprint density at radius 3 is 2.50 bits per heavy atom. The largest absolute Gasteiger partial charge is 0.355 e. The lowest BCUT2D eigenvalue weighted by Gasteiger charge is -2.39. The molecule has 1 aliphatic heterocycles. The third kappa shape index (κ3) is 2.80. The van der Waals surface area contributed by atoms with Gasteiger partial charge in [-0.1, -0.05) is 18.6 Å². The second kappa shape index (κ2) is 5.87. The average molecular weight is 330 g/mol. The Labute approximate surface area is 141 Å². The lowest BCUT2D eigenvalue weighted by molar-refractivity contribution is -0.145. The van der Waals surface area contributed by atoms with Crippen molar-refractivity contribution in [3.05, 3.63) is 35.6 Å². The molecule has 3 aliphatic rings. The Kier molecular flexibility index (Phi) is 3.82. The molecule has 128 valence electrons. The molecule has 1 spiro atoms. The van der Waals surface area contributed by atoms with Crippen molar-refractivity contribution < 1.29 is 14.0 Å². The lowest BCUT2D eigenvalue weighted by Crippen LogP contribution is -2.56. The molecule has 4 nitrogen and oxygen atoms in total. The summed E-state index contributed by atoms with van der Waals surface area (Å²) in [7, 11) is 0. The van der Waals surface area contributed by atoms with Crippen LogP contribution in [0.3, 0.4) is 0 Å². The van der Waals surface area contributed by atoms with E-state index in [4.69, 9.17) is 0 Å². The monoisotopic (exact) mass is 330 g/mol. The highest BCUT2D eigenvalue weighted by molar-refractivity contribution is 5.87. The van der Waals surface area contributed by atoms with Crippen molar-refractivity contribution in [2.45, 2.75) is 32.1 Å². The molecule has 1 atom stereocenters. The van der Waals surface area contributed by atoms with Crippen LogP contribution in [0, 0.1) is 23.1 Å². The van der Waals surface area contributed by atoms with Gasteiger partial charge >= 0.3 is 0 Å². The number of halogens is 1. The highest BCUT2D eigenvalue weighted by Gasteiger charge is 2.62. The average Bonchev–Trinajstić information content (AvgIpc) is 3.24. The highest BCUT2D eigenvalue weighted by Crippen LogP contribution is 2.66. The van der Waals surface area contributed by atoms with Crippen LogP contribution in [0.15, 0.2) is 24.3 Å². The number of carbonyl (C=O) groups is 2. The van der Waals surface area contributed by atoms with Gasteiger partial charge in [-0.25, -0.2) is 4.39 Å². The van der Waals surface area contributed by atoms with Gasteiger partial charge in [0.2, 0.25) is 11.8 Å². The smallest absolute Gasteiger partial charge is 0.226 e. The summed E-state index contributed by atoms with van der Waals surface area (Å²) in [4.78, 5) is 26.3. The Hall–Kier alpha value is -1.91. The number of rotatable bonds is 5. The second-order valence-electron chi connectivity index (χ2n) is 7.58. The predicted molar refractivity (Wildman–Crippen MR) is 87.6 cm³/mol.